The third-order valence-corrected chi connectivity index (χ3v) is 4.85. The molecule has 8 heteroatoms. The van der Waals surface area contributed by atoms with E-state index in [1.807, 2.05) is 36.4 Å². The summed E-state index contributed by atoms with van der Waals surface area (Å²) in [7, 11) is 0. The number of carbonyl (C=O) groups is 1. The standard InChI is InChI=1S/C18H12N4O3S/c23-18(15-9-10-16(26-15)22(24)25)21-12-6-2-1-5-11(12)17-19-13-7-3-4-8-14(13)20-17/h1-10H,(H,19,20)(H,21,23). The van der Waals surface area contributed by atoms with Crippen LogP contribution in [0, 0.1) is 10.1 Å². The van der Waals surface area contributed by atoms with Gasteiger partial charge in [-0.3, -0.25) is 14.9 Å². The Labute approximate surface area is 151 Å². The van der Waals surface area contributed by atoms with Crippen LogP contribution < -0.4 is 5.32 Å². The van der Waals surface area contributed by atoms with Crippen molar-refractivity contribution in [2.45, 2.75) is 0 Å². The van der Waals surface area contributed by atoms with Gasteiger partial charge in [0.05, 0.1) is 26.5 Å². The predicted octanol–water partition coefficient (Wildman–Crippen LogP) is 4.45. The Morgan fingerprint density at radius 3 is 2.62 bits per heavy atom. The van der Waals surface area contributed by atoms with Crippen LogP contribution in [-0.2, 0) is 0 Å². The number of anilines is 1. The van der Waals surface area contributed by atoms with Crippen LogP contribution in [0.5, 0.6) is 0 Å². The summed E-state index contributed by atoms with van der Waals surface area (Å²) in [6, 6.07) is 17.7. The van der Waals surface area contributed by atoms with Crippen LogP contribution in [0.2, 0.25) is 0 Å². The zero-order valence-corrected chi connectivity index (χ0v) is 14.1. The van der Waals surface area contributed by atoms with Gasteiger partial charge in [0, 0.05) is 11.6 Å². The molecule has 0 fully saturated rings. The van der Waals surface area contributed by atoms with E-state index >= 15 is 0 Å². The highest BCUT2D eigenvalue weighted by Crippen LogP contribution is 2.29. The first-order valence-corrected chi connectivity index (χ1v) is 8.53. The normalized spacial score (nSPS) is 10.8. The van der Waals surface area contributed by atoms with Crippen molar-refractivity contribution >= 4 is 39.0 Å². The number of hydrogen-bond donors (Lipinski definition) is 2. The molecule has 0 saturated heterocycles. The van der Waals surface area contributed by atoms with Gasteiger partial charge in [-0.1, -0.05) is 35.6 Å². The number of nitro groups is 1. The summed E-state index contributed by atoms with van der Waals surface area (Å²) in [5, 5.41) is 13.5. The molecular weight excluding hydrogens is 352 g/mol. The quantitative estimate of drug-likeness (QED) is 0.412. The molecule has 0 aliphatic carbocycles. The fourth-order valence-corrected chi connectivity index (χ4v) is 3.33. The second-order valence-corrected chi connectivity index (χ2v) is 6.56. The molecule has 0 bridgehead atoms. The number of amides is 1. The number of rotatable bonds is 4. The molecule has 0 radical (unpaired) electrons. The Morgan fingerprint density at radius 1 is 1.08 bits per heavy atom. The monoisotopic (exact) mass is 364 g/mol. The first-order chi connectivity index (χ1) is 12.6. The molecule has 2 aromatic heterocycles. The molecule has 0 aliphatic heterocycles. The first kappa shape index (κ1) is 16.0. The van der Waals surface area contributed by atoms with Gasteiger partial charge >= 0.3 is 5.00 Å². The molecule has 26 heavy (non-hydrogen) atoms. The summed E-state index contributed by atoms with van der Waals surface area (Å²) < 4.78 is 0. The Balaban J connectivity index is 1.67. The van der Waals surface area contributed by atoms with Crippen molar-refractivity contribution in [3.05, 3.63) is 75.7 Å². The smallest absolute Gasteiger partial charge is 0.324 e. The number of aromatic nitrogens is 2. The maximum Gasteiger partial charge on any atom is 0.324 e. The number of nitrogens with one attached hydrogen (secondary N) is 2. The lowest BCUT2D eigenvalue weighted by atomic mass is 10.1. The topological polar surface area (TPSA) is 101 Å². The number of aromatic amines is 1. The van der Waals surface area contributed by atoms with Gasteiger partial charge in [-0.2, -0.15) is 0 Å². The van der Waals surface area contributed by atoms with Crippen molar-refractivity contribution in [3.8, 4) is 11.4 Å². The summed E-state index contributed by atoms with van der Waals surface area (Å²) in [6.45, 7) is 0. The van der Waals surface area contributed by atoms with Crippen molar-refractivity contribution in [3.63, 3.8) is 0 Å². The predicted molar refractivity (Wildman–Crippen MR) is 100 cm³/mol. The van der Waals surface area contributed by atoms with Gasteiger partial charge in [0.1, 0.15) is 5.82 Å². The van der Waals surface area contributed by atoms with E-state index in [1.165, 1.54) is 12.1 Å². The summed E-state index contributed by atoms with van der Waals surface area (Å²) in [5.41, 5.74) is 3.05. The van der Waals surface area contributed by atoms with Crippen LogP contribution in [0.4, 0.5) is 10.7 Å². The van der Waals surface area contributed by atoms with Gasteiger partial charge < -0.3 is 10.3 Å². The molecule has 2 aromatic carbocycles. The number of benzene rings is 2. The van der Waals surface area contributed by atoms with E-state index in [9.17, 15) is 14.9 Å². The van der Waals surface area contributed by atoms with Gasteiger partial charge in [0.2, 0.25) is 0 Å². The van der Waals surface area contributed by atoms with E-state index in [4.69, 9.17) is 0 Å². The minimum absolute atomic E-state index is 0.0688. The molecule has 2 heterocycles. The Hall–Kier alpha value is -3.52. The molecule has 4 rings (SSSR count). The van der Waals surface area contributed by atoms with Crippen molar-refractivity contribution in [2.24, 2.45) is 0 Å². The lowest BCUT2D eigenvalue weighted by Crippen LogP contribution is -2.11. The lowest BCUT2D eigenvalue weighted by molar-refractivity contribution is -0.380. The highest BCUT2D eigenvalue weighted by molar-refractivity contribution is 7.17. The van der Waals surface area contributed by atoms with E-state index in [1.54, 1.807) is 12.1 Å². The Morgan fingerprint density at radius 2 is 1.85 bits per heavy atom. The molecule has 1 amide bonds. The number of imidazole rings is 1. The molecule has 0 saturated carbocycles. The van der Waals surface area contributed by atoms with Crippen LogP contribution in [0.1, 0.15) is 9.67 Å². The molecule has 4 aromatic rings. The zero-order valence-electron chi connectivity index (χ0n) is 13.3. The second-order valence-electron chi connectivity index (χ2n) is 5.50. The first-order valence-electron chi connectivity index (χ1n) is 7.71. The summed E-state index contributed by atoms with van der Waals surface area (Å²) >= 11 is 0.839. The molecular formula is C18H12N4O3S. The average molecular weight is 364 g/mol. The Kier molecular flexibility index (Phi) is 3.94. The molecule has 2 N–H and O–H groups in total. The van der Waals surface area contributed by atoms with E-state index in [0.29, 0.717) is 11.5 Å². The summed E-state index contributed by atoms with van der Waals surface area (Å²) in [4.78, 5) is 30.8. The number of carbonyl (C=O) groups excluding carboxylic acids is 1. The van der Waals surface area contributed by atoms with Gasteiger partial charge in [0.15, 0.2) is 0 Å². The maximum atomic E-state index is 12.5. The van der Waals surface area contributed by atoms with Gasteiger partial charge in [-0.05, 0) is 30.3 Å². The summed E-state index contributed by atoms with van der Waals surface area (Å²) in [5.74, 6) is 0.242. The molecule has 128 valence electrons. The zero-order chi connectivity index (χ0) is 18.1. The van der Waals surface area contributed by atoms with Crippen LogP contribution >= 0.6 is 11.3 Å². The number of nitrogens with zero attached hydrogens (tertiary/aromatic N) is 2. The van der Waals surface area contributed by atoms with Crippen molar-refractivity contribution in [2.75, 3.05) is 5.32 Å². The van der Waals surface area contributed by atoms with Crippen LogP contribution in [0.3, 0.4) is 0 Å². The van der Waals surface area contributed by atoms with Crippen molar-refractivity contribution in [1.29, 1.82) is 0 Å². The van der Waals surface area contributed by atoms with Gasteiger partial charge in [0.25, 0.3) is 5.91 Å². The molecule has 0 spiro atoms. The lowest BCUT2D eigenvalue weighted by Gasteiger charge is -2.08. The minimum atomic E-state index is -0.510. The fraction of sp³-hybridized carbons (Fsp3) is 0. The number of fused-ring (bicyclic) bond motifs is 1. The van der Waals surface area contributed by atoms with E-state index in [-0.39, 0.29) is 9.88 Å². The number of H-pyrrole nitrogens is 1. The third kappa shape index (κ3) is 2.93. The van der Waals surface area contributed by atoms with Crippen molar-refractivity contribution < 1.29 is 9.72 Å². The number of thiophene rings is 1. The minimum Gasteiger partial charge on any atom is -0.338 e. The highest BCUT2D eigenvalue weighted by Gasteiger charge is 2.17. The van der Waals surface area contributed by atoms with Crippen LogP contribution in [0.25, 0.3) is 22.4 Å². The number of hydrogen-bond acceptors (Lipinski definition) is 5. The van der Waals surface area contributed by atoms with E-state index in [2.05, 4.69) is 15.3 Å². The van der Waals surface area contributed by atoms with Crippen LogP contribution in [-0.4, -0.2) is 20.8 Å². The van der Waals surface area contributed by atoms with E-state index in [0.717, 1.165) is 27.9 Å². The molecule has 7 nitrogen and oxygen atoms in total. The maximum absolute atomic E-state index is 12.5. The third-order valence-electron chi connectivity index (χ3n) is 3.82. The number of para-hydroxylation sites is 3. The SMILES string of the molecule is O=C(Nc1ccccc1-c1nc2ccccc2[nH]1)c1ccc([N+](=O)[O-])s1. The average Bonchev–Trinajstić information content (AvgIpc) is 3.29. The van der Waals surface area contributed by atoms with Gasteiger partial charge in [-0.15, -0.1) is 0 Å². The van der Waals surface area contributed by atoms with Crippen LogP contribution in [0.15, 0.2) is 60.7 Å². The largest absolute Gasteiger partial charge is 0.338 e. The molecule has 0 aliphatic rings. The molecule has 0 unspecified atom stereocenters. The highest BCUT2D eigenvalue weighted by atomic mass is 32.1. The second kappa shape index (κ2) is 6.41. The Bertz CT molecular complexity index is 1100. The van der Waals surface area contributed by atoms with Crippen molar-refractivity contribution in [1.82, 2.24) is 9.97 Å². The van der Waals surface area contributed by atoms with Gasteiger partial charge in [-0.25, -0.2) is 4.98 Å². The summed E-state index contributed by atoms with van der Waals surface area (Å²) in [6.07, 6.45) is 0. The van der Waals surface area contributed by atoms with E-state index < -0.39 is 10.8 Å². The fourth-order valence-electron chi connectivity index (χ4n) is 2.61. The molecule has 0 atom stereocenters.